The van der Waals surface area contributed by atoms with Crippen molar-refractivity contribution in [2.75, 3.05) is 19.0 Å². The number of rotatable bonds is 7. The van der Waals surface area contributed by atoms with Gasteiger partial charge in [-0.25, -0.2) is 4.98 Å². The Morgan fingerprint density at radius 2 is 1.95 bits per heavy atom. The lowest BCUT2D eigenvalue weighted by molar-refractivity contribution is 0.295. The predicted molar refractivity (Wildman–Crippen MR) is 83.7 cm³/mol. The molecule has 0 atom stereocenters. The van der Waals surface area contributed by atoms with E-state index in [1.165, 1.54) is 5.56 Å². The molecular formula is C16H22N4O. The summed E-state index contributed by atoms with van der Waals surface area (Å²) in [5, 5.41) is 3.09. The van der Waals surface area contributed by atoms with Crippen LogP contribution in [0, 0.1) is 6.92 Å². The van der Waals surface area contributed by atoms with Crippen LogP contribution >= 0.6 is 0 Å². The van der Waals surface area contributed by atoms with Gasteiger partial charge in [-0.2, -0.15) is 4.98 Å². The standard InChI is InChI=1S/C16H22N4O/c1-4-14-19-15(17-3)12(2)16(20-14)21-11-5-6-13-7-9-18-10-8-13/h7-10H,4-6,11H2,1-3H3,(H,17,19,20). The van der Waals surface area contributed by atoms with Crippen molar-refractivity contribution in [1.29, 1.82) is 0 Å². The minimum absolute atomic E-state index is 0.645. The lowest BCUT2D eigenvalue weighted by Gasteiger charge is -2.12. The predicted octanol–water partition coefficient (Wildman–Crippen LogP) is 2.80. The van der Waals surface area contributed by atoms with Gasteiger partial charge in [0, 0.05) is 25.9 Å². The SMILES string of the molecule is CCc1nc(NC)c(C)c(OCCCc2ccncc2)n1. The van der Waals surface area contributed by atoms with Crippen molar-refractivity contribution in [3.63, 3.8) is 0 Å². The third kappa shape index (κ3) is 4.15. The molecule has 21 heavy (non-hydrogen) atoms. The molecule has 1 N–H and O–H groups in total. The first kappa shape index (κ1) is 15.2. The van der Waals surface area contributed by atoms with E-state index in [4.69, 9.17) is 4.74 Å². The molecule has 0 aliphatic carbocycles. The van der Waals surface area contributed by atoms with E-state index >= 15 is 0 Å². The molecule has 112 valence electrons. The average molecular weight is 286 g/mol. The Morgan fingerprint density at radius 1 is 1.19 bits per heavy atom. The highest BCUT2D eigenvalue weighted by atomic mass is 16.5. The summed E-state index contributed by atoms with van der Waals surface area (Å²) < 4.78 is 5.84. The third-order valence-corrected chi connectivity index (χ3v) is 3.30. The molecule has 0 bridgehead atoms. The molecule has 2 rings (SSSR count). The Labute approximate surface area is 125 Å². The monoisotopic (exact) mass is 286 g/mol. The van der Waals surface area contributed by atoms with Crippen molar-refractivity contribution in [2.24, 2.45) is 0 Å². The number of anilines is 1. The van der Waals surface area contributed by atoms with E-state index in [-0.39, 0.29) is 0 Å². The Hall–Kier alpha value is -2.17. The van der Waals surface area contributed by atoms with Crippen LogP contribution in [0.1, 0.15) is 30.3 Å². The van der Waals surface area contributed by atoms with Crippen molar-refractivity contribution in [3.8, 4) is 5.88 Å². The van der Waals surface area contributed by atoms with Gasteiger partial charge in [0.25, 0.3) is 0 Å². The van der Waals surface area contributed by atoms with Crippen LogP contribution in [0.4, 0.5) is 5.82 Å². The zero-order chi connectivity index (χ0) is 15.1. The minimum Gasteiger partial charge on any atom is -0.477 e. The average Bonchev–Trinajstić information content (AvgIpc) is 2.54. The van der Waals surface area contributed by atoms with E-state index in [2.05, 4.69) is 20.3 Å². The van der Waals surface area contributed by atoms with Crippen molar-refractivity contribution >= 4 is 5.82 Å². The van der Waals surface area contributed by atoms with E-state index in [9.17, 15) is 0 Å². The highest BCUT2D eigenvalue weighted by Gasteiger charge is 2.10. The molecule has 2 aromatic rings. The van der Waals surface area contributed by atoms with Crippen LogP contribution in [0.15, 0.2) is 24.5 Å². The zero-order valence-electron chi connectivity index (χ0n) is 12.9. The Balaban J connectivity index is 1.93. The van der Waals surface area contributed by atoms with Gasteiger partial charge in [0.2, 0.25) is 5.88 Å². The highest BCUT2D eigenvalue weighted by Crippen LogP contribution is 2.22. The van der Waals surface area contributed by atoms with Crippen LogP contribution in [-0.4, -0.2) is 28.6 Å². The zero-order valence-corrected chi connectivity index (χ0v) is 12.9. The van der Waals surface area contributed by atoms with Crippen LogP contribution in [0.2, 0.25) is 0 Å². The van der Waals surface area contributed by atoms with Gasteiger partial charge in [0.1, 0.15) is 11.6 Å². The molecule has 2 heterocycles. The fraction of sp³-hybridized carbons (Fsp3) is 0.438. The van der Waals surface area contributed by atoms with Crippen LogP contribution in [0.3, 0.4) is 0 Å². The molecule has 0 aliphatic heterocycles. The number of aromatic nitrogens is 3. The van der Waals surface area contributed by atoms with Gasteiger partial charge in [0.05, 0.1) is 12.2 Å². The molecule has 0 aromatic carbocycles. The normalized spacial score (nSPS) is 10.4. The van der Waals surface area contributed by atoms with Crippen LogP contribution in [0.25, 0.3) is 0 Å². The largest absolute Gasteiger partial charge is 0.477 e. The number of nitrogens with zero attached hydrogens (tertiary/aromatic N) is 3. The lowest BCUT2D eigenvalue weighted by Crippen LogP contribution is -2.08. The molecule has 0 spiro atoms. The molecule has 0 unspecified atom stereocenters. The summed E-state index contributed by atoms with van der Waals surface area (Å²) in [5.41, 5.74) is 2.23. The Kier molecular flexibility index (Phi) is 5.49. The molecular weight excluding hydrogens is 264 g/mol. The van der Waals surface area contributed by atoms with Gasteiger partial charge < -0.3 is 10.1 Å². The van der Waals surface area contributed by atoms with E-state index in [1.54, 1.807) is 0 Å². The fourth-order valence-electron chi connectivity index (χ4n) is 2.08. The summed E-state index contributed by atoms with van der Waals surface area (Å²) in [7, 11) is 1.86. The van der Waals surface area contributed by atoms with Crippen molar-refractivity contribution in [3.05, 3.63) is 41.5 Å². The van der Waals surface area contributed by atoms with Gasteiger partial charge in [-0.05, 0) is 37.5 Å². The lowest BCUT2D eigenvalue weighted by atomic mass is 10.1. The third-order valence-electron chi connectivity index (χ3n) is 3.30. The number of hydrogen-bond acceptors (Lipinski definition) is 5. The van der Waals surface area contributed by atoms with Gasteiger partial charge in [0.15, 0.2) is 0 Å². The summed E-state index contributed by atoms with van der Waals surface area (Å²) in [6, 6.07) is 4.06. The summed E-state index contributed by atoms with van der Waals surface area (Å²) in [4.78, 5) is 12.9. The molecule has 0 fully saturated rings. The first-order valence-electron chi connectivity index (χ1n) is 7.31. The van der Waals surface area contributed by atoms with Gasteiger partial charge in [-0.15, -0.1) is 0 Å². The number of pyridine rings is 1. The molecule has 0 amide bonds. The molecule has 0 saturated carbocycles. The Morgan fingerprint density at radius 3 is 2.62 bits per heavy atom. The maximum atomic E-state index is 5.84. The first-order valence-corrected chi connectivity index (χ1v) is 7.31. The van der Waals surface area contributed by atoms with E-state index in [0.717, 1.165) is 36.5 Å². The van der Waals surface area contributed by atoms with Crippen molar-refractivity contribution in [2.45, 2.75) is 33.1 Å². The fourth-order valence-corrected chi connectivity index (χ4v) is 2.08. The molecule has 0 aliphatic rings. The molecule has 5 heteroatoms. The number of aryl methyl sites for hydroxylation is 2. The number of ether oxygens (including phenoxy) is 1. The van der Waals surface area contributed by atoms with Gasteiger partial charge in [-0.1, -0.05) is 6.92 Å². The topological polar surface area (TPSA) is 59.9 Å². The van der Waals surface area contributed by atoms with E-state index in [0.29, 0.717) is 12.5 Å². The second-order valence-electron chi connectivity index (χ2n) is 4.83. The summed E-state index contributed by atoms with van der Waals surface area (Å²) >= 11 is 0. The van der Waals surface area contributed by atoms with Gasteiger partial charge >= 0.3 is 0 Å². The summed E-state index contributed by atoms with van der Waals surface area (Å²) in [6.07, 6.45) is 6.35. The molecule has 2 aromatic heterocycles. The van der Waals surface area contributed by atoms with Gasteiger partial charge in [-0.3, -0.25) is 4.98 Å². The molecule has 0 saturated heterocycles. The second-order valence-corrected chi connectivity index (χ2v) is 4.83. The number of hydrogen-bond donors (Lipinski definition) is 1. The van der Waals surface area contributed by atoms with E-state index < -0.39 is 0 Å². The highest BCUT2D eigenvalue weighted by molar-refractivity contribution is 5.48. The van der Waals surface area contributed by atoms with Crippen LogP contribution in [-0.2, 0) is 12.8 Å². The second kappa shape index (κ2) is 7.57. The van der Waals surface area contributed by atoms with Crippen LogP contribution in [0.5, 0.6) is 5.88 Å². The quantitative estimate of drug-likeness (QED) is 0.793. The summed E-state index contributed by atoms with van der Waals surface area (Å²) in [5.74, 6) is 2.32. The first-order chi connectivity index (χ1) is 10.2. The van der Waals surface area contributed by atoms with Crippen LogP contribution < -0.4 is 10.1 Å². The molecule has 5 nitrogen and oxygen atoms in total. The van der Waals surface area contributed by atoms with Crippen molar-refractivity contribution in [1.82, 2.24) is 15.0 Å². The maximum Gasteiger partial charge on any atom is 0.221 e. The Bertz CT molecular complexity index is 572. The smallest absolute Gasteiger partial charge is 0.221 e. The van der Waals surface area contributed by atoms with Crippen molar-refractivity contribution < 1.29 is 4.74 Å². The molecule has 0 radical (unpaired) electrons. The number of nitrogens with one attached hydrogen (secondary N) is 1. The minimum atomic E-state index is 0.645. The maximum absolute atomic E-state index is 5.84. The summed E-state index contributed by atoms with van der Waals surface area (Å²) in [6.45, 7) is 4.66. The van der Waals surface area contributed by atoms with E-state index in [1.807, 2.05) is 45.4 Å².